The summed E-state index contributed by atoms with van der Waals surface area (Å²) >= 11 is 0. The van der Waals surface area contributed by atoms with E-state index < -0.39 is 0 Å². The van der Waals surface area contributed by atoms with Crippen LogP contribution in [0.3, 0.4) is 0 Å². The van der Waals surface area contributed by atoms with Crippen LogP contribution in [0.2, 0.25) is 0 Å². The highest BCUT2D eigenvalue weighted by Gasteiger charge is 1.84. The third-order valence-electron chi connectivity index (χ3n) is 1.56. The van der Waals surface area contributed by atoms with Gasteiger partial charge >= 0.3 is 0 Å². The molecule has 0 fully saturated rings. The third kappa shape index (κ3) is 9.08. The molecule has 0 rings (SSSR count). The topological polar surface area (TPSA) is 34.1 Å². The Hall–Kier alpha value is -0.920. The molecule has 0 heterocycles. The normalized spacial score (nSPS) is 10.3. The van der Waals surface area contributed by atoms with E-state index in [1.807, 2.05) is 6.08 Å². The summed E-state index contributed by atoms with van der Waals surface area (Å²) < 4.78 is 0. The van der Waals surface area contributed by atoms with Crippen LogP contribution in [0.1, 0.15) is 38.5 Å². The molecule has 2 heteroatoms. The van der Waals surface area contributed by atoms with Gasteiger partial charge in [-0.3, -0.25) is 0 Å². The van der Waals surface area contributed by atoms with Crippen molar-refractivity contribution >= 4 is 12.6 Å². The van der Waals surface area contributed by atoms with Crippen LogP contribution >= 0.6 is 0 Å². The second-order valence-electron chi connectivity index (χ2n) is 2.67. The molecular formula is C10H16O2. The van der Waals surface area contributed by atoms with Crippen molar-refractivity contribution in [1.82, 2.24) is 0 Å². The Kier molecular flexibility index (Phi) is 9.31. The van der Waals surface area contributed by atoms with E-state index in [1.54, 1.807) is 0 Å². The summed E-state index contributed by atoms with van der Waals surface area (Å²) in [6.07, 6.45) is 11.2. The molecule has 0 N–H and O–H groups in total. The largest absolute Gasteiger partial charge is 0.303 e. The molecule has 0 aliphatic carbocycles. The second kappa shape index (κ2) is 10.1. The van der Waals surface area contributed by atoms with Gasteiger partial charge in [0.2, 0.25) is 0 Å². The number of rotatable bonds is 8. The predicted octanol–water partition coefficient (Wildman–Crippen LogP) is 2.28. The molecule has 0 amide bonds. The zero-order chi connectivity index (χ0) is 9.07. The van der Waals surface area contributed by atoms with Crippen molar-refractivity contribution in [1.29, 1.82) is 0 Å². The Labute approximate surface area is 73.7 Å². The van der Waals surface area contributed by atoms with E-state index in [0.29, 0.717) is 12.8 Å². The monoisotopic (exact) mass is 168 g/mol. The molecule has 0 bridgehead atoms. The van der Waals surface area contributed by atoms with Crippen molar-refractivity contribution in [2.75, 3.05) is 0 Å². The van der Waals surface area contributed by atoms with Crippen molar-refractivity contribution in [3.8, 4) is 0 Å². The average molecular weight is 168 g/mol. The third-order valence-corrected chi connectivity index (χ3v) is 1.56. The van der Waals surface area contributed by atoms with Crippen LogP contribution in [0.4, 0.5) is 0 Å². The van der Waals surface area contributed by atoms with Crippen LogP contribution < -0.4 is 0 Å². The van der Waals surface area contributed by atoms with E-state index in [0.717, 1.165) is 38.3 Å². The Morgan fingerprint density at radius 3 is 1.92 bits per heavy atom. The molecule has 0 saturated heterocycles. The molecule has 0 aliphatic rings. The van der Waals surface area contributed by atoms with Gasteiger partial charge in [0.15, 0.2) is 0 Å². The lowest BCUT2D eigenvalue weighted by Gasteiger charge is -1.90. The quantitative estimate of drug-likeness (QED) is 0.316. The molecule has 0 aliphatic heterocycles. The van der Waals surface area contributed by atoms with Crippen molar-refractivity contribution in [3.63, 3.8) is 0 Å². The van der Waals surface area contributed by atoms with Gasteiger partial charge < -0.3 is 9.59 Å². The highest BCUT2D eigenvalue weighted by Crippen LogP contribution is 1.99. The van der Waals surface area contributed by atoms with Crippen LogP contribution in [-0.2, 0) is 9.59 Å². The van der Waals surface area contributed by atoms with E-state index in [2.05, 4.69) is 6.08 Å². The molecule has 0 aromatic carbocycles. The average Bonchev–Trinajstić information content (AvgIpc) is 2.10. The summed E-state index contributed by atoms with van der Waals surface area (Å²) in [7, 11) is 0. The summed E-state index contributed by atoms with van der Waals surface area (Å²) in [5, 5.41) is 0. The Morgan fingerprint density at radius 2 is 1.25 bits per heavy atom. The highest BCUT2D eigenvalue weighted by atomic mass is 16.1. The number of unbranched alkanes of at least 4 members (excludes halogenated alkanes) is 4. The molecule has 0 spiro atoms. The van der Waals surface area contributed by atoms with Crippen molar-refractivity contribution in [2.24, 2.45) is 0 Å². The van der Waals surface area contributed by atoms with Gasteiger partial charge in [-0.15, -0.1) is 0 Å². The lowest BCUT2D eigenvalue weighted by molar-refractivity contribution is -0.108. The minimum Gasteiger partial charge on any atom is -0.303 e. The molecular weight excluding hydrogens is 152 g/mol. The van der Waals surface area contributed by atoms with Gasteiger partial charge in [0.25, 0.3) is 0 Å². The summed E-state index contributed by atoms with van der Waals surface area (Å²) in [6, 6.07) is 0. The van der Waals surface area contributed by atoms with Crippen molar-refractivity contribution in [3.05, 3.63) is 12.2 Å². The molecule has 0 unspecified atom stereocenters. The first kappa shape index (κ1) is 11.1. The summed E-state index contributed by atoms with van der Waals surface area (Å²) in [5.74, 6) is 0. The lowest BCUT2D eigenvalue weighted by Crippen LogP contribution is -1.76. The van der Waals surface area contributed by atoms with Crippen molar-refractivity contribution < 1.29 is 9.59 Å². The standard InChI is InChI=1S/C10H16O2/c11-9-7-5-3-1-2-4-6-8-10-12/h1,3,9-10H,2,4-8H2/b3-1+. The van der Waals surface area contributed by atoms with Crippen LogP contribution in [-0.4, -0.2) is 12.6 Å². The van der Waals surface area contributed by atoms with Gasteiger partial charge in [-0.1, -0.05) is 12.2 Å². The number of carbonyl (C=O) groups is 2. The summed E-state index contributed by atoms with van der Waals surface area (Å²) in [5.41, 5.74) is 0. The van der Waals surface area contributed by atoms with Gasteiger partial charge in [-0.25, -0.2) is 0 Å². The fourth-order valence-electron chi connectivity index (χ4n) is 0.890. The van der Waals surface area contributed by atoms with Crippen LogP contribution in [0.15, 0.2) is 12.2 Å². The molecule has 0 radical (unpaired) electrons. The van der Waals surface area contributed by atoms with Crippen molar-refractivity contribution in [2.45, 2.75) is 38.5 Å². The smallest absolute Gasteiger partial charge is 0.120 e. The van der Waals surface area contributed by atoms with Gasteiger partial charge in [0, 0.05) is 12.8 Å². The Balaban J connectivity index is 3.01. The minimum absolute atomic E-state index is 0.616. The van der Waals surface area contributed by atoms with E-state index in [4.69, 9.17) is 0 Å². The minimum atomic E-state index is 0.616. The van der Waals surface area contributed by atoms with Gasteiger partial charge in [-0.2, -0.15) is 0 Å². The number of hydrogen-bond acceptors (Lipinski definition) is 2. The van der Waals surface area contributed by atoms with Gasteiger partial charge in [0.1, 0.15) is 12.6 Å². The lowest BCUT2D eigenvalue weighted by atomic mass is 10.2. The number of carbonyl (C=O) groups excluding carboxylic acids is 2. The second-order valence-corrected chi connectivity index (χ2v) is 2.67. The zero-order valence-corrected chi connectivity index (χ0v) is 7.37. The molecule has 68 valence electrons. The zero-order valence-electron chi connectivity index (χ0n) is 7.37. The highest BCUT2D eigenvalue weighted by molar-refractivity contribution is 5.49. The predicted molar refractivity (Wildman–Crippen MR) is 49.0 cm³/mol. The number of allylic oxidation sites excluding steroid dienone is 2. The molecule has 12 heavy (non-hydrogen) atoms. The molecule has 0 aromatic heterocycles. The molecule has 0 atom stereocenters. The maximum atomic E-state index is 9.92. The first-order valence-electron chi connectivity index (χ1n) is 4.44. The van der Waals surface area contributed by atoms with E-state index in [9.17, 15) is 9.59 Å². The maximum absolute atomic E-state index is 9.92. The summed E-state index contributed by atoms with van der Waals surface area (Å²) in [4.78, 5) is 19.8. The number of hydrogen-bond donors (Lipinski definition) is 0. The summed E-state index contributed by atoms with van der Waals surface area (Å²) in [6.45, 7) is 0. The van der Waals surface area contributed by atoms with Crippen LogP contribution in [0.25, 0.3) is 0 Å². The van der Waals surface area contributed by atoms with Crippen LogP contribution in [0.5, 0.6) is 0 Å². The first-order valence-corrected chi connectivity index (χ1v) is 4.44. The Bertz CT molecular complexity index is 139. The molecule has 2 nitrogen and oxygen atoms in total. The van der Waals surface area contributed by atoms with E-state index in [-0.39, 0.29) is 0 Å². The first-order chi connectivity index (χ1) is 5.91. The van der Waals surface area contributed by atoms with Crippen LogP contribution in [0, 0.1) is 0 Å². The maximum Gasteiger partial charge on any atom is 0.120 e. The number of aldehydes is 2. The SMILES string of the molecule is O=CCC/C=C/CCCCC=O. The Morgan fingerprint density at radius 1 is 0.667 bits per heavy atom. The molecule has 0 aromatic rings. The fourth-order valence-corrected chi connectivity index (χ4v) is 0.890. The van der Waals surface area contributed by atoms with E-state index in [1.165, 1.54) is 0 Å². The molecule has 0 saturated carbocycles. The van der Waals surface area contributed by atoms with E-state index >= 15 is 0 Å². The fraction of sp³-hybridized carbons (Fsp3) is 0.600. The van der Waals surface area contributed by atoms with Gasteiger partial charge in [0.05, 0.1) is 0 Å². The van der Waals surface area contributed by atoms with Gasteiger partial charge in [-0.05, 0) is 25.7 Å².